The van der Waals surface area contributed by atoms with Gasteiger partial charge in [-0.1, -0.05) is 37.9 Å². The van der Waals surface area contributed by atoms with E-state index in [1.54, 1.807) is 6.26 Å². The predicted molar refractivity (Wildman–Crippen MR) is 135 cm³/mol. The van der Waals surface area contributed by atoms with Crippen LogP contribution in [-0.2, 0) is 13.0 Å². The van der Waals surface area contributed by atoms with E-state index in [-0.39, 0.29) is 0 Å². The maximum absolute atomic E-state index is 6.24. The molecule has 0 spiro atoms. The Balaban J connectivity index is 1.32. The fraction of sp³-hybridized carbons (Fsp3) is 0.407. The third-order valence-corrected chi connectivity index (χ3v) is 6.37. The number of imidazole rings is 1. The number of oxazole rings is 1. The molecule has 0 radical (unpaired) electrons. The molecular weight excluding hydrogens is 448 g/mol. The van der Waals surface area contributed by atoms with Crippen LogP contribution in [0, 0.1) is 5.92 Å². The van der Waals surface area contributed by atoms with Gasteiger partial charge in [0.05, 0.1) is 24.1 Å². The largest absolute Gasteiger partial charge is 0.493 e. The Hall–Kier alpha value is -2.83. The molecule has 1 fully saturated rings. The van der Waals surface area contributed by atoms with Gasteiger partial charge in [-0.05, 0) is 67.7 Å². The van der Waals surface area contributed by atoms with Gasteiger partial charge >= 0.3 is 0 Å². The number of aromatic amines is 1. The summed E-state index contributed by atoms with van der Waals surface area (Å²) in [5.41, 5.74) is 4.90. The van der Waals surface area contributed by atoms with Crippen molar-refractivity contribution in [3.05, 3.63) is 64.7 Å². The Bertz CT molecular complexity index is 1260. The minimum Gasteiger partial charge on any atom is -0.493 e. The molecule has 4 aromatic rings. The van der Waals surface area contributed by atoms with Crippen LogP contribution in [0.3, 0.4) is 0 Å². The first kappa shape index (κ1) is 22.9. The summed E-state index contributed by atoms with van der Waals surface area (Å²) in [7, 11) is 0. The average molecular weight is 479 g/mol. The molecule has 6 nitrogen and oxygen atoms in total. The van der Waals surface area contributed by atoms with Crippen molar-refractivity contribution in [3.8, 4) is 17.3 Å². The number of hydrogen-bond acceptors (Lipinski definition) is 5. The molecule has 0 aliphatic carbocycles. The van der Waals surface area contributed by atoms with Gasteiger partial charge in [0.1, 0.15) is 17.7 Å². The van der Waals surface area contributed by atoms with Crippen LogP contribution in [0.1, 0.15) is 50.1 Å². The van der Waals surface area contributed by atoms with Crippen molar-refractivity contribution in [1.29, 1.82) is 0 Å². The maximum atomic E-state index is 6.24. The fourth-order valence-electron chi connectivity index (χ4n) is 4.40. The molecule has 0 saturated carbocycles. The number of ether oxygens (including phenoxy) is 1. The van der Waals surface area contributed by atoms with Crippen molar-refractivity contribution in [2.45, 2.75) is 46.1 Å². The summed E-state index contributed by atoms with van der Waals surface area (Å²) < 4.78 is 11.8. The predicted octanol–water partition coefficient (Wildman–Crippen LogP) is 6.48. The van der Waals surface area contributed by atoms with Crippen molar-refractivity contribution in [1.82, 2.24) is 19.9 Å². The summed E-state index contributed by atoms with van der Waals surface area (Å²) in [4.78, 5) is 15.4. The molecule has 1 aliphatic rings. The summed E-state index contributed by atoms with van der Waals surface area (Å²) in [6.45, 7) is 8.25. The Morgan fingerprint density at radius 1 is 1.09 bits per heavy atom. The highest BCUT2D eigenvalue weighted by molar-refractivity contribution is 6.30. The third kappa shape index (κ3) is 5.45. The van der Waals surface area contributed by atoms with Crippen molar-refractivity contribution in [3.63, 3.8) is 0 Å². The second kappa shape index (κ2) is 10.2. The molecule has 2 aromatic heterocycles. The number of aromatic nitrogens is 3. The maximum Gasteiger partial charge on any atom is 0.199 e. The Morgan fingerprint density at radius 3 is 2.76 bits per heavy atom. The number of rotatable bonds is 8. The summed E-state index contributed by atoms with van der Waals surface area (Å²) >= 11 is 6.24. The van der Waals surface area contributed by atoms with Gasteiger partial charge in [-0.15, -0.1) is 0 Å². The zero-order valence-electron chi connectivity index (χ0n) is 19.8. The highest BCUT2D eigenvalue weighted by atomic mass is 35.5. The first-order chi connectivity index (χ1) is 16.5. The molecule has 1 N–H and O–H groups in total. The van der Waals surface area contributed by atoms with Crippen LogP contribution in [0.4, 0.5) is 0 Å². The number of nitrogens with one attached hydrogen (secondary N) is 1. The Morgan fingerprint density at radius 2 is 1.94 bits per heavy atom. The zero-order chi connectivity index (χ0) is 23.5. The molecule has 3 heterocycles. The molecule has 178 valence electrons. The van der Waals surface area contributed by atoms with Gasteiger partial charge < -0.3 is 14.1 Å². The van der Waals surface area contributed by atoms with Gasteiger partial charge in [-0.25, -0.2) is 9.97 Å². The highest BCUT2D eigenvalue weighted by Gasteiger charge is 2.15. The van der Waals surface area contributed by atoms with E-state index >= 15 is 0 Å². The molecule has 0 amide bonds. The smallest absolute Gasteiger partial charge is 0.199 e. The van der Waals surface area contributed by atoms with E-state index < -0.39 is 0 Å². The van der Waals surface area contributed by atoms with Crippen LogP contribution in [-0.4, -0.2) is 39.5 Å². The lowest BCUT2D eigenvalue weighted by atomic mass is 10.1. The van der Waals surface area contributed by atoms with Gasteiger partial charge in [0.2, 0.25) is 0 Å². The normalized spacial score (nSPS) is 14.8. The van der Waals surface area contributed by atoms with Crippen molar-refractivity contribution < 1.29 is 9.15 Å². The standard InChI is InChI=1S/C27H31ClN4O2/c1-18(2)16-33-25-9-7-21(28)13-20(25)14-26-29-24(17-34-26)27-30-22-8-6-19(12-23(22)31-27)15-32-10-4-3-5-11-32/h6-9,12-13,17-18H,3-5,10-11,14-16H2,1-2H3,(H,30,31). The van der Waals surface area contributed by atoms with Crippen LogP contribution in [0.2, 0.25) is 5.02 Å². The first-order valence-corrected chi connectivity index (χ1v) is 12.5. The van der Waals surface area contributed by atoms with Crippen LogP contribution >= 0.6 is 11.6 Å². The molecule has 1 saturated heterocycles. The number of fused-ring (bicyclic) bond motifs is 1. The van der Waals surface area contributed by atoms with Crippen LogP contribution in [0.5, 0.6) is 5.75 Å². The van der Waals surface area contributed by atoms with E-state index in [4.69, 9.17) is 25.7 Å². The van der Waals surface area contributed by atoms with E-state index in [0.717, 1.165) is 28.9 Å². The number of benzene rings is 2. The van der Waals surface area contributed by atoms with E-state index in [9.17, 15) is 0 Å². The molecular formula is C27H31ClN4O2. The zero-order valence-corrected chi connectivity index (χ0v) is 20.6. The molecule has 1 aliphatic heterocycles. The fourth-order valence-corrected chi connectivity index (χ4v) is 4.59. The van der Waals surface area contributed by atoms with Crippen molar-refractivity contribution >= 4 is 22.6 Å². The third-order valence-electron chi connectivity index (χ3n) is 6.13. The monoisotopic (exact) mass is 478 g/mol. The second-order valence-corrected chi connectivity index (χ2v) is 9.97. The minimum absolute atomic E-state index is 0.435. The number of hydrogen-bond donors (Lipinski definition) is 1. The van der Waals surface area contributed by atoms with Gasteiger partial charge in [0.25, 0.3) is 0 Å². The first-order valence-electron chi connectivity index (χ1n) is 12.1. The van der Waals surface area contributed by atoms with Gasteiger partial charge in [0.15, 0.2) is 11.7 Å². The second-order valence-electron chi connectivity index (χ2n) is 9.53. The van der Waals surface area contributed by atoms with Crippen molar-refractivity contribution in [2.75, 3.05) is 19.7 Å². The molecule has 7 heteroatoms. The summed E-state index contributed by atoms with van der Waals surface area (Å²) in [5.74, 6) is 2.55. The Kier molecular flexibility index (Phi) is 6.88. The molecule has 34 heavy (non-hydrogen) atoms. The quantitative estimate of drug-likeness (QED) is 0.314. The van der Waals surface area contributed by atoms with Crippen LogP contribution < -0.4 is 4.74 Å². The van der Waals surface area contributed by atoms with Crippen LogP contribution in [0.25, 0.3) is 22.6 Å². The van der Waals surface area contributed by atoms with Crippen LogP contribution in [0.15, 0.2) is 47.1 Å². The number of H-pyrrole nitrogens is 1. The number of piperidine rings is 1. The minimum atomic E-state index is 0.435. The molecule has 2 aromatic carbocycles. The molecule has 0 bridgehead atoms. The van der Waals surface area contributed by atoms with E-state index in [0.29, 0.717) is 41.4 Å². The molecule has 0 unspecified atom stereocenters. The van der Waals surface area contributed by atoms with E-state index in [2.05, 4.69) is 46.9 Å². The lowest BCUT2D eigenvalue weighted by Crippen LogP contribution is -2.29. The number of likely N-dealkylation sites (tertiary alicyclic amines) is 1. The summed E-state index contributed by atoms with van der Waals surface area (Å²) in [6.07, 6.45) is 6.09. The molecule has 5 rings (SSSR count). The molecule has 0 atom stereocenters. The lowest BCUT2D eigenvalue weighted by Gasteiger charge is -2.26. The van der Waals surface area contributed by atoms with Gasteiger partial charge in [-0.2, -0.15) is 0 Å². The number of halogens is 1. The lowest BCUT2D eigenvalue weighted by molar-refractivity contribution is 0.221. The summed E-state index contributed by atoms with van der Waals surface area (Å²) in [5, 5.41) is 0.663. The number of nitrogens with zero attached hydrogens (tertiary/aromatic N) is 3. The van der Waals surface area contributed by atoms with Gasteiger partial charge in [-0.3, -0.25) is 4.90 Å². The van der Waals surface area contributed by atoms with Gasteiger partial charge in [0, 0.05) is 17.1 Å². The Labute approximate surface area is 205 Å². The summed E-state index contributed by atoms with van der Waals surface area (Å²) in [6, 6.07) is 12.1. The average Bonchev–Trinajstić information content (AvgIpc) is 3.46. The van der Waals surface area contributed by atoms with E-state index in [1.165, 1.54) is 37.9 Å². The van der Waals surface area contributed by atoms with Crippen molar-refractivity contribution in [2.24, 2.45) is 5.92 Å². The SMILES string of the molecule is CC(C)COc1ccc(Cl)cc1Cc1nc(-c2nc3ccc(CN4CCCCC4)cc3[nH]2)co1. The highest BCUT2D eigenvalue weighted by Crippen LogP contribution is 2.27. The topological polar surface area (TPSA) is 67.2 Å². The van der Waals surface area contributed by atoms with E-state index in [1.807, 2.05) is 18.2 Å².